The van der Waals surface area contributed by atoms with Crippen LogP contribution in [0.2, 0.25) is 0 Å². The summed E-state index contributed by atoms with van der Waals surface area (Å²) in [6.45, 7) is 0.445. The first-order valence-corrected chi connectivity index (χ1v) is 8.80. The molecule has 124 valence electrons. The number of nitrogens with zero attached hydrogens (tertiary/aromatic N) is 2. The molecule has 2 aromatic heterocycles. The molecule has 3 rings (SSSR count). The third-order valence-electron chi connectivity index (χ3n) is 3.32. The zero-order valence-electron chi connectivity index (χ0n) is 12.7. The molecule has 1 aromatic carbocycles. The number of nitrogens with one attached hydrogen (secondary N) is 1. The monoisotopic (exact) mass is 344 g/mol. The highest BCUT2D eigenvalue weighted by Gasteiger charge is 2.14. The average molecular weight is 344 g/mol. The highest BCUT2D eigenvalue weighted by atomic mass is 32.2. The summed E-state index contributed by atoms with van der Waals surface area (Å²) in [7, 11) is -3.82. The van der Waals surface area contributed by atoms with Gasteiger partial charge in [0.1, 0.15) is 17.0 Å². The summed E-state index contributed by atoms with van der Waals surface area (Å²) >= 11 is 0. The minimum Gasteiger partial charge on any atom is -0.444 e. The first-order valence-electron chi connectivity index (χ1n) is 7.25. The Kier molecular flexibility index (Phi) is 4.59. The van der Waals surface area contributed by atoms with E-state index < -0.39 is 10.0 Å². The summed E-state index contributed by atoms with van der Waals surface area (Å²) in [5.41, 5.74) is 1.66. The number of aromatic nitrogens is 2. The van der Waals surface area contributed by atoms with Gasteiger partial charge in [-0.15, -0.1) is 0 Å². The van der Waals surface area contributed by atoms with Crippen LogP contribution in [0.25, 0.3) is 11.5 Å². The van der Waals surface area contributed by atoms with E-state index in [1.54, 1.807) is 6.26 Å². The van der Waals surface area contributed by atoms with Crippen molar-refractivity contribution >= 4 is 15.8 Å². The van der Waals surface area contributed by atoms with Gasteiger partial charge in [-0.1, -0.05) is 18.2 Å². The van der Waals surface area contributed by atoms with Crippen LogP contribution in [0.1, 0.15) is 5.69 Å². The van der Waals surface area contributed by atoms with Crippen LogP contribution < -0.4 is 10.5 Å². The molecule has 0 aliphatic heterocycles. The van der Waals surface area contributed by atoms with Gasteiger partial charge in [-0.3, -0.25) is 0 Å². The van der Waals surface area contributed by atoms with E-state index in [0.717, 1.165) is 11.3 Å². The zero-order chi connectivity index (χ0) is 17.0. The summed E-state index contributed by atoms with van der Waals surface area (Å²) in [4.78, 5) is 8.40. The third-order valence-corrected chi connectivity index (χ3v) is 4.27. The van der Waals surface area contributed by atoms with Gasteiger partial charge in [-0.05, 0) is 24.3 Å². The maximum atomic E-state index is 11.5. The minimum atomic E-state index is -3.82. The van der Waals surface area contributed by atoms with Gasteiger partial charge in [0.2, 0.25) is 15.9 Å². The van der Waals surface area contributed by atoms with Crippen molar-refractivity contribution in [2.45, 2.75) is 11.3 Å². The molecule has 0 saturated heterocycles. The van der Waals surface area contributed by atoms with E-state index in [1.165, 1.54) is 18.3 Å². The number of oxazole rings is 1. The Hall–Kier alpha value is -2.71. The summed E-state index contributed by atoms with van der Waals surface area (Å²) < 4.78 is 28.5. The van der Waals surface area contributed by atoms with Gasteiger partial charge in [-0.25, -0.2) is 23.5 Å². The summed E-state index contributed by atoms with van der Waals surface area (Å²) in [5, 5.41) is 8.14. The summed E-state index contributed by atoms with van der Waals surface area (Å²) in [6, 6.07) is 12.5. The number of hydrogen-bond acceptors (Lipinski definition) is 6. The van der Waals surface area contributed by atoms with Crippen molar-refractivity contribution in [1.82, 2.24) is 9.97 Å². The lowest BCUT2D eigenvalue weighted by atomic mass is 10.2. The Bertz CT molecular complexity index is 923. The van der Waals surface area contributed by atoms with Crippen LogP contribution in [0.4, 0.5) is 5.82 Å². The number of anilines is 1. The van der Waals surface area contributed by atoms with Gasteiger partial charge in [0.25, 0.3) is 0 Å². The molecular formula is C16H16N4O3S. The molecule has 3 N–H and O–H groups in total. The Morgan fingerprint density at radius 2 is 1.92 bits per heavy atom. The minimum absolute atomic E-state index is 0.0323. The number of hydrogen-bond donors (Lipinski definition) is 2. The van der Waals surface area contributed by atoms with E-state index in [1.807, 2.05) is 30.3 Å². The Balaban J connectivity index is 1.65. The Labute approximate surface area is 139 Å². The molecule has 0 saturated carbocycles. The van der Waals surface area contributed by atoms with Crippen molar-refractivity contribution in [1.29, 1.82) is 0 Å². The van der Waals surface area contributed by atoms with E-state index in [4.69, 9.17) is 9.56 Å². The second kappa shape index (κ2) is 6.81. The lowest BCUT2D eigenvalue weighted by molar-refractivity contribution is 0.572. The van der Waals surface area contributed by atoms with Crippen molar-refractivity contribution in [2.75, 3.05) is 11.9 Å². The predicted molar refractivity (Wildman–Crippen MR) is 89.7 cm³/mol. The quantitative estimate of drug-likeness (QED) is 0.708. The van der Waals surface area contributed by atoms with Crippen molar-refractivity contribution in [3.05, 3.63) is 60.6 Å². The zero-order valence-corrected chi connectivity index (χ0v) is 13.5. The van der Waals surface area contributed by atoms with E-state index in [-0.39, 0.29) is 10.7 Å². The second-order valence-electron chi connectivity index (χ2n) is 5.08. The average Bonchev–Trinajstić information content (AvgIpc) is 3.04. The number of sulfonamides is 1. The van der Waals surface area contributed by atoms with Gasteiger partial charge >= 0.3 is 0 Å². The van der Waals surface area contributed by atoms with Gasteiger partial charge < -0.3 is 9.73 Å². The van der Waals surface area contributed by atoms with Gasteiger partial charge in [0, 0.05) is 24.7 Å². The fourth-order valence-corrected chi connectivity index (χ4v) is 2.86. The van der Waals surface area contributed by atoms with E-state index in [0.29, 0.717) is 18.9 Å². The molecule has 0 atom stereocenters. The highest BCUT2D eigenvalue weighted by Crippen LogP contribution is 2.19. The Morgan fingerprint density at radius 1 is 1.12 bits per heavy atom. The topological polar surface area (TPSA) is 111 Å². The van der Waals surface area contributed by atoms with Crippen LogP contribution >= 0.6 is 0 Å². The number of benzene rings is 1. The second-order valence-corrected chi connectivity index (χ2v) is 6.61. The molecular weight excluding hydrogens is 328 g/mol. The molecule has 0 unspecified atom stereocenters. The molecule has 8 heteroatoms. The number of nitrogens with two attached hydrogens (primary N) is 1. The van der Waals surface area contributed by atoms with Crippen molar-refractivity contribution < 1.29 is 12.8 Å². The third kappa shape index (κ3) is 3.79. The van der Waals surface area contributed by atoms with Crippen molar-refractivity contribution in [3.8, 4) is 11.5 Å². The lowest BCUT2D eigenvalue weighted by Gasteiger charge is -2.08. The summed E-state index contributed by atoms with van der Waals surface area (Å²) in [5.74, 6) is 0.778. The van der Waals surface area contributed by atoms with Crippen LogP contribution in [0.15, 0.2) is 64.2 Å². The van der Waals surface area contributed by atoms with Gasteiger partial charge in [-0.2, -0.15) is 0 Å². The van der Waals surface area contributed by atoms with Crippen molar-refractivity contribution in [3.63, 3.8) is 0 Å². The lowest BCUT2D eigenvalue weighted by Crippen LogP contribution is -2.17. The normalized spacial score (nSPS) is 11.4. The number of rotatable bonds is 6. The smallest absolute Gasteiger partial charge is 0.241 e. The first kappa shape index (κ1) is 16.2. The molecule has 0 radical (unpaired) electrons. The largest absolute Gasteiger partial charge is 0.444 e. The molecule has 0 fully saturated rings. The SMILES string of the molecule is NS(=O)(=O)c1cccnc1NCCc1coc(-c2ccccc2)n1. The van der Waals surface area contributed by atoms with Gasteiger partial charge in [0.05, 0.1) is 5.69 Å². The molecule has 0 bridgehead atoms. The summed E-state index contributed by atoms with van der Waals surface area (Å²) in [6.07, 6.45) is 3.64. The molecule has 3 aromatic rings. The number of primary sulfonamides is 1. The van der Waals surface area contributed by atoms with E-state index in [9.17, 15) is 8.42 Å². The molecule has 0 spiro atoms. The van der Waals surface area contributed by atoms with Crippen LogP contribution in [-0.2, 0) is 16.4 Å². The molecule has 0 amide bonds. The van der Waals surface area contributed by atoms with Crippen LogP contribution in [0.5, 0.6) is 0 Å². The fraction of sp³-hybridized carbons (Fsp3) is 0.125. The van der Waals surface area contributed by atoms with E-state index in [2.05, 4.69) is 15.3 Å². The van der Waals surface area contributed by atoms with Crippen LogP contribution in [0, 0.1) is 0 Å². The first-order chi connectivity index (χ1) is 11.5. The standard InChI is InChI=1S/C16H16N4O3S/c17-24(21,22)14-7-4-9-18-15(14)19-10-8-13-11-23-16(20-13)12-5-2-1-3-6-12/h1-7,9,11H,8,10H2,(H,18,19)(H2,17,21,22). The fourth-order valence-electron chi connectivity index (χ4n) is 2.20. The maximum absolute atomic E-state index is 11.5. The van der Waals surface area contributed by atoms with Crippen LogP contribution in [0.3, 0.4) is 0 Å². The molecule has 7 nitrogen and oxygen atoms in total. The molecule has 24 heavy (non-hydrogen) atoms. The molecule has 0 aliphatic rings. The van der Waals surface area contributed by atoms with Gasteiger partial charge in [0.15, 0.2) is 0 Å². The van der Waals surface area contributed by atoms with E-state index >= 15 is 0 Å². The van der Waals surface area contributed by atoms with Crippen molar-refractivity contribution in [2.24, 2.45) is 5.14 Å². The number of pyridine rings is 1. The Morgan fingerprint density at radius 3 is 2.67 bits per heavy atom. The maximum Gasteiger partial charge on any atom is 0.241 e. The van der Waals surface area contributed by atoms with Crippen LogP contribution in [-0.4, -0.2) is 24.9 Å². The molecule has 0 aliphatic carbocycles. The predicted octanol–water partition coefficient (Wildman–Crippen LogP) is 2.04. The highest BCUT2D eigenvalue weighted by molar-refractivity contribution is 7.89. The molecule has 2 heterocycles.